The average molecular weight is 394 g/mol. The molecule has 11 heteroatoms. The number of carboxylic acid groups (broad SMARTS) is 2. The average Bonchev–Trinajstić information content (AvgIpc) is 2.55. The minimum atomic E-state index is -1.56. The molecule has 5 atom stereocenters. The smallest absolute Gasteiger partial charge is 0.345 e. The summed E-state index contributed by atoms with van der Waals surface area (Å²) in [6.07, 6.45) is -1.35. The van der Waals surface area contributed by atoms with Crippen molar-refractivity contribution in [3.05, 3.63) is 0 Å². The highest BCUT2D eigenvalue weighted by molar-refractivity contribution is 7.81. The summed E-state index contributed by atoms with van der Waals surface area (Å²) in [4.78, 5) is 45.9. The zero-order valence-electron chi connectivity index (χ0n) is 14.6. The van der Waals surface area contributed by atoms with Gasteiger partial charge in [-0.3, -0.25) is 9.59 Å². The van der Waals surface area contributed by atoms with E-state index >= 15 is 0 Å². The number of nitrogens with one attached hydrogen (secondary N) is 1. The third-order valence-electron chi connectivity index (χ3n) is 3.58. The summed E-state index contributed by atoms with van der Waals surface area (Å²) >= 11 is 4.10. The minimum absolute atomic E-state index is 0.0688. The Morgan fingerprint density at radius 2 is 1.73 bits per heavy atom. The molecule has 150 valence electrons. The zero-order chi connectivity index (χ0) is 20.4. The van der Waals surface area contributed by atoms with E-state index in [4.69, 9.17) is 25.8 Å². The van der Waals surface area contributed by atoms with Crippen molar-refractivity contribution >= 4 is 36.4 Å². The minimum Gasteiger partial charge on any atom is -0.480 e. The van der Waals surface area contributed by atoms with Crippen LogP contribution in [0.15, 0.2) is 0 Å². The van der Waals surface area contributed by atoms with Crippen LogP contribution in [-0.4, -0.2) is 69.2 Å². The Labute approximate surface area is 156 Å². The molecule has 0 aromatic heterocycles. The number of aliphatic carboxylic acids is 2. The first-order valence-corrected chi connectivity index (χ1v) is 8.52. The number of aliphatic hydroxyl groups excluding tert-OH is 1. The SMILES string of the molecule is CC(S)[C@H](NC(=O)CCC[C@H](N)C(=O)O)C(=O)O[C@@H](C(=O)O)[C@H](C)CO. The van der Waals surface area contributed by atoms with Gasteiger partial charge in [-0.15, -0.1) is 0 Å². The number of ether oxygens (including phenoxy) is 1. The van der Waals surface area contributed by atoms with Gasteiger partial charge in [0.2, 0.25) is 12.0 Å². The van der Waals surface area contributed by atoms with Crippen LogP contribution in [-0.2, 0) is 23.9 Å². The lowest BCUT2D eigenvalue weighted by atomic mass is 10.1. The monoisotopic (exact) mass is 394 g/mol. The molecule has 10 nitrogen and oxygen atoms in total. The number of carbonyl (C=O) groups is 4. The fourth-order valence-electron chi connectivity index (χ4n) is 1.93. The lowest BCUT2D eigenvalue weighted by molar-refractivity contribution is -0.170. The first kappa shape index (κ1) is 24.1. The van der Waals surface area contributed by atoms with E-state index in [-0.39, 0.29) is 19.3 Å². The molecule has 26 heavy (non-hydrogen) atoms. The van der Waals surface area contributed by atoms with Crippen LogP contribution in [0, 0.1) is 5.92 Å². The number of amides is 1. The van der Waals surface area contributed by atoms with Crippen LogP contribution in [0.3, 0.4) is 0 Å². The molecule has 0 spiro atoms. The van der Waals surface area contributed by atoms with Crippen LogP contribution in [0.4, 0.5) is 0 Å². The second-order valence-electron chi connectivity index (χ2n) is 5.98. The van der Waals surface area contributed by atoms with Crippen molar-refractivity contribution in [3.8, 4) is 0 Å². The topological polar surface area (TPSA) is 176 Å². The Balaban J connectivity index is 4.76. The first-order valence-electron chi connectivity index (χ1n) is 8.01. The van der Waals surface area contributed by atoms with Crippen LogP contribution in [0.1, 0.15) is 33.1 Å². The maximum Gasteiger partial charge on any atom is 0.345 e. The van der Waals surface area contributed by atoms with Gasteiger partial charge in [0.05, 0.1) is 0 Å². The fraction of sp³-hybridized carbons (Fsp3) is 0.733. The number of aliphatic hydroxyl groups is 1. The summed E-state index contributed by atoms with van der Waals surface area (Å²) < 4.78 is 4.90. The van der Waals surface area contributed by atoms with Crippen LogP contribution < -0.4 is 11.1 Å². The van der Waals surface area contributed by atoms with Crippen molar-refractivity contribution in [2.75, 3.05) is 6.61 Å². The lowest BCUT2D eigenvalue weighted by Crippen LogP contribution is -2.49. The van der Waals surface area contributed by atoms with Gasteiger partial charge in [-0.1, -0.05) is 13.8 Å². The fourth-order valence-corrected chi connectivity index (χ4v) is 2.13. The van der Waals surface area contributed by atoms with Crippen LogP contribution >= 0.6 is 12.6 Å². The van der Waals surface area contributed by atoms with Crippen molar-refractivity contribution in [1.82, 2.24) is 5.32 Å². The van der Waals surface area contributed by atoms with Gasteiger partial charge in [0.25, 0.3) is 0 Å². The number of esters is 1. The van der Waals surface area contributed by atoms with E-state index in [1.165, 1.54) is 13.8 Å². The number of hydrogen-bond acceptors (Lipinski definition) is 8. The number of nitrogens with two attached hydrogens (primary N) is 1. The summed E-state index contributed by atoms with van der Waals surface area (Å²) in [5.74, 6) is -4.96. The predicted molar refractivity (Wildman–Crippen MR) is 93.6 cm³/mol. The molecule has 0 saturated carbocycles. The number of thiol groups is 1. The molecule has 0 fully saturated rings. The molecule has 6 N–H and O–H groups in total. The van der Waals surface area contributed by atoms with E-state index in [0.29, 0.717) is 0 Å². The molecule has 0 aromatic rings. The summed E-state index contributed by atoms with van der Waals surface area (Å²) in [6, 6.07) is -2.28. The standard InChI is InChI=1S/C15H26N2O8S/c1-7(6-18)12(14(22)23)25-15(24)11(8(2)26)17-10(19)5-3-4-9(16)13(20)21/h7-9,11-12,18,26H,3-6,16H2,1-2H3,(H,17,19)(H,20,21)(H,22,23)/t7-,8?,9+,11+,12-/m1/s1. The van der Waals surface area contributed by atoms with Gasteiger partial charge in [-0.05, 0) is 12.8 Å². The predicted octanol–water partition coefficient (Wildman–Crippen LogP) is -1.00. The van der Waals surface area contributed by atoms with E-state index in [0.717, 1.165) is 0 Å². The van der Waals surface area contributed by atoms with Crippen LogP contribution in [0.5, 0.6) is 0 Å². The molecule has 1 amide bonds. The zero-order valence-corrected chi connectivity index (χ0v) is 15.5. The summed E-state index contributed by atoms with van der Waals surface area (Å²) in [7, 11) is 0. The van der Waals surface area contributed by atoms with E-state index < -0.39 is 59.8 Å². The largest absolute Gasteiger partial charge is 0.480 e. The van der Waals surface area contributed by atoms with E-state index in [2.05, 4.69) is 17.9 Å². The molecule has 0 radical (unpaired) electrons. The van der Waals surface area contributed by atoms with Gasteiger partial charge in [-0.25, -0.2) is 9.59 Å². The van der Waals surface area contributed by atoms with Crippen molar-refractivity contribution in [3.63, 3.8) is 0 Å². The van der Waals surface area contributed by atoms with Crippen molar-refractivity contribution < 1.29 is 39.2 Å². The van der Waals surface area contributed by atoms with E-state index in [1.807, 2.05) is 0 Å². The maximum absolute atomic E-state index is 12.2. The molecule has 0 saturated heterocycles. The summed E-state index contributed by atoms with van der Waals surface area (Å²) in [6.45, 7) is 2.41. The highest BCUT2D eigenvalue weighted by Crippen LogP contribution is 2.12. The van der Waals surface area contributed by atoms with Gasteiger partial charge in [0, 0.05) is 24.2 Å². The van der Waals surface area contributed by atoms with Gasteiger partial charge in [-0.2, -0.15) is 12.6 Å². The molecule has 1 unspecified atom stereocenters. The number of carboxylic acids is 2. The molecule has 0 aromatic carbocycles. The third-order valence-corrected chi connectivity index (χ3v) is 3.88. The Hall–Kier alpha value is -1.85. The summed E-state index contributed by atoms with van der Waals surface area (Å²) in [5, 5.41) is 28.5. The third kappa shape index (κ3) is 8.50. The molecule has 0 rings (SSSR count). The Bertz CT molecular complexity index is 514. The van der Waals surface area contributed by atoms with Crippen LogP contribution in [0.2, 0.25) is 0 Å². The molecular weight excluding hydrogens is 368 g/mol. The van der Waals surface area contributed by atoms with Gasteiger partial charge >= 0.3 is 17.9 Å². The molecule has 0 heterocycles. The number of hydrogen-bond donors (Lipinski definition) is 6. The Kier molecular flexibility index (Phi) is 10.9. The second kappa shape index (κ2) is 11.7. The molecule has 0 aliphatic carbocycles. The second-order valence-corrected chi connectivity index (χ2v) is 6.79. The summed E-state index contributed by atoms with van der Waals surface area (Å²) in [5.41, 5.74) is 5.33. The molecule has 0 bridgehead atoms. The number of carbonyl (C=O) groups excluding carboxylic acids is 2. The maximum atomic E-state index is 12.2. The van der Waals surface area contributed by atoms with Gasteiger partial charge in [0.15, 0.2) is 0 Å². The van der Waals surface area contributed by atoms with E-state index in [1.54, 1.807) is 0 Å². The van der Waals surface area contributed by atoms with Crippen LogP contribution in [0.25, 0.3) is 0 Å². The molecule has 0 aliphatic rings. The van der Waals surface area contributed by atoms with Gasteiger partial charge < -0.3 is 31.1 Å². The highest BCUT2D eigenvalue weighted by atomic mass is 32.1. The van der Waals surface area contributed by atoms with Crippen molar-refractivity contribution in [2.45, 2.75) is 56.5 Å². The van der Waals surface area contributed by atoms with Gasteiger partial charge in [0.1, 0.15) is 12.1 Å². The van der Waals surface area contributed by atoms with Crippen molar-refractivity contribution in [2.24, 2.45) is 11.7 Å². The quantitative estimate of drug-likeness (QED) is 0.179. The number of rotatable bonds is 12. The Morgan fingerprint density at radius 1 is 1.15 bits per heavy atom. The normalized spacial score (nSPS) is 16.7. The molecular formula is C15H26N2O8S. The Morgan fingerprint density at radius 3 is 2.15 bits per heavy atom. The van der Waals surface area contributed by atoms with Crippen molar-refractivity contribution in [1.29, 1.82) is 0 Å². The van der Waals surface area contributed by atoms with E-state index in [9.17, 15) is 19.2 Å². The first-order chi connectivity index (χ1) is 12.0. The molecule has 0 aliphatic heterocycles. The highest BCUT2D eigenvalue weighted by Gasteiger charge is 2.33. The lowest BCUT2D eigenvalue weighted by Gasteiger charge is -2.24.